The molecule has 16 heavy (non-hydrogen) atoms. The van der Waals surface area contributed by atoms with Gasteiger partial charge < -0.3 is 0 Å². The summed E-state index contributed by atoms with van der Waals surface area (Å²) in [6.45, 7) is 0. The molecule has 0 aliphatic heterocycles. The van der Waals surface area contributed by atoms with Crippen molar-refractivity contribution >= 4 is 6.29 Å². The summed E-state index contributed by atoms with van der Waals surface area (Å²) < 4.78 is 0. The Morgan fingerprint density at radius 2 is 1.81 bits per heavy atom. The summed E-state index contributed by atoms with van der Waals surface area (Å²) in [6.07, 6.45) is 0.746. The van der Waals surface area contributed by atoms with Crippen molar-refractivity contribution in [3.8, 4) is 17.2 Å². The fourth-order valence-electron chi connectivity index (χ4n) is 1.60. The van der Waals surface area contributed by atoms with Crippen LogP contribution in [-0.4, -0.2) is 6.29 Å². The molecule has 0 heterocycles. The van der Waals surface area contributed by atoms with Gasteiger partial charge in [0.1, 0.15) is 6.29 Å². The van der Waals surface area contributed by atoms with Crippen LogP contribution in [0, 0.1) is 11.3 Å². The molecule has 2 rings (SSSR count). The van der Waals surface area contributed by atoms with Crippen LogP contribution in [0.1, 0.15) is 15.9 Å². The molecule has 0 saturated carbocycles. The minimum atomic E-state index is 0.524. The fraction of sp³-hybridized carbons (Fsp3) is 0. The third-order valence-electron chi connectivity index (χ3n) is 2.38. The molecule has 2 aromatic rings. The minimum absolute atomic E-state index is 0.524. The molecule has 0 fully saturated rings. The van der Waals surface area contributed by atoms with E-state index in [0.717, 1.165) is 17.4 Å². The summed E-state index contributed by atoms with van der Waals surface area (Å²) in [5.74, 6) is 0. The van der Waals surface area contributed by atoms with E-state index >= 15 is 0 Å². The van der Waals surface area contributed by atoms with Gasteiger partial charge in [-0.05, 0) is 17.2 Å². The Balaban J connectivity index is 2.59. The van der Waals surface area contributed by atoms with Crippen molar-refractivity contribution in [3.63, 3.8) is 0 Å². The Labute approximate surface area is 93.8 Å². The van der Waals surface area contributed by atoms with E-state index in [1.165, 1.54) is 0 Å². The van der Waals surface area contributed by atoms with E-state index in [0.29, 0.717) is 11.1 Å². The van der Waals surface area contributed by atoms with Gasteiger partial charge in [-0.15, -0.1) is 0 Å². The van der Waals surface area contributed by atoms with E-state index in [4.69, 9.17) is 5.26 Å². The number of nitriles is 1. The Hall–Kier alpha value is -2.40. The number of hydrogen-bond acceptors (Lipinski definition) is 2. The van der Waals surface area contributed by atoms with E-state index in [1.807, 2.05) is 30.3 Å². The SMILES string of the molecule is N#Cc1cc(C=O)ccc1-c1ccccc1. The second-order valence-electron chi connectivity index (χ2n) is 3.40. The summed E-state index contributed by atoms with van der Waals surface area (Å²) in [4.78, 5) is 10.6. The lowest BCUT2D eigenvalue weighted by Crippen LogP contribution is -1.87. The largest absolute Gasteiger partial charge is 0.298 e. The van der Waals surface area contributed by atoms with Crippen molar-refractivity contribution in [1.29, 1.82) is 5.26 Å². The van der Waals surface area contributed by atoms with Crippen molar-refractivity contribution < 1.29 is 4.79 Å². The number of benzene rings is 2. The summed E-state index contributed by atoms with van der Waals surface area (Å²) in [5, 5.41) is 9.03. The van der Waals surface area contributed by atoms with E-state index in [1.54, 1.807) is 18.2 Å². The zero-order valence-corrected chi connectivity index (χ0v) is 8.55. The van der Waals surface area contributed by atoms with Crippen LogP contribution in [0.5, 0.6) is 0 Å². The van der Waals surface area contributed by atoms with Crippen molar-refractivity contribution in [1.82, 2.24) is 0 Å². The average molecular weight is 207 g/mol. The second kappa shape index (κ2) is 4.41. The number of carbonyl (C=O) groups is 1. The van der Waals surface area contributed by atoms with Crippen LogP contribution in [-0.2, 0) is 0 Å². The number of nitrogens with zero attached hydrogens (tertiary/aromatic N) is 1. The maximum atomic E-state index is 10.6. The zero-order chi connectivity index (χ0) is 11.4. The molecule has 0 aromatic heterocycles. The lowest BCUT2D eigenvalue weighted by Gasteiger charge is -2.04. The molecule has 0 saturated heterocycles. The highest BCUT2D eigenvalue weighted by Gasteiger charge is 2.04. The van der Waals surface area contributed by atoms with Crippen LogP contribution in [0.4, 0.5) is 0 Å². The maximum Gasteiger partial charge on any atom is 0.150 e. The van der Waals surface area contributed by atoms with Crippen molar-refractivity contribution in [2.75, 3.05) is 0 Å². The number of carbonyl (C=O) groups excluding carboxylic acids is 1. The maximum absolute atomic E-state index is 10.6. The summed E-state index contributed by atoms with van der Waals surface area (Å²) >= 11 is 0. The van der Waals surface area contributed by atoms with Crippen LogP contribution in [0.25, 0.3) is 11.1 Å². The van der Waals surface area contributed by atoms with E-state index < -0.39 is 0 Å². The predicted octanol–water partition coefficient (Wildman–Crippen LogP) is 3.04. The smallest absolute Gasteiger partial charge is 0.150 e. The van der Waals surface area contributed by atoms with Gasteiger partial charge in [-0.25, -0.2) is 0 Å². The van der Waals surface area contributed by atoms with Gasteiger partial charge >= 0.3 is 0 Å². The van der Waals surface area contributed by atoms with Gasteiger partial charge in [0.2, 0.25) is 0 Å². The molecular formula is C14H9NO. The molecule has 0 radical (unpaired) electrons. The Morgan fingerprint density at radius 1 is 1.06 bits per heavy atom. The third kappa shape index (κ3) is 1.84. The molecule has 0 amide bonds. The monoisotopic (exact) mass is 207 g/mol. The number of aldehydes is 1. The summed E-state index contributed by atoms with van der Waals surface area (Å²) in [6, 6.07) is 16.9. The van der Waals surface area contributed by atoms with Crippen LogP contribution >= 0.6 is 0 Å². The molecular weight excluding hydrogens is 198 g/mol. The van der Waals surface area contributed by atoms with Gasteiger partial charge in [0.05, 0.1) is 11.6 Å². The first-order valence-corrected chi connectivity index (χ1v) is 4.90. The first-order chi connectivity index (χ1) is 7.85. The van der Waals surface area contributed by atoms with Crippen LogP contribution in [0.15, 0.2) is 48.5 Å². The Morgan fingerprint density at radius 3 is 2.44 bits per heavy atom. The minimum Gasteiger partial charge on any atom is -0.298 e. The van der Waals surface area contributed by atoms with Gasteiger partial charge in [-0.2, -0.15) is 5.26 Å². The average Bonchev–Trinajstić information content (AvgIpc) is 2.39. The highest BCUT2D eigenvalue weighted by atomic mass is 16.1. The van der Waals surface area contributed by atoms with Gasteiger partial charge in [-0.1, -0.05) is 42.5 Å². The number of rotatable bonds is 2. The molecule has 0 N–H and O–H groups in total. The Bertz CT molecular complexity index is 553. The molecule has 2 nitrogen and oxygen atoms in total. The van der Waals surface area contributed by atoms with Crippen molar-refractivity contribution in [2.24, 2.45) is 0 Å². The lowest BCUT2D eigenvalue weighted by atomic mass is 9.98. The summed E-state index contributed by atoms with van der Waals surface area (Å²) in [7, 11) is 0. The van der Waals surface area contributed by atoms with Gasteiger partial charge in [0.25, 0.3) is 0 Å². The normalized spacial score (nSPS) is 9.44. The van der Waals surface area contributed by atoms with Gasteiger partial charge in [0.15, 0.2) is 0 Å². The van der Waals surface area contributed by atoms with Gasteiger partial charge in [-0.3, -0.25) is 4.79 Å². The predicted molar refractivity (Wildman–Crippen MR) is 62.0 cm³/mol. The topological polar surface area (TPSA) is 40.9 Å². The molecule has 76 valence electrons. The molecule has 0 unspecified atom stereocenters. The van der Waals surface area contributed by atoms with Crippen molar-refractivity contribution in [3.05, 3.63) is 59.7 Å². The lowest BCUT2D eigenvalue weighted by molar-refractivity contribution is 0.112. The van der Waals surface area contributed by atoms with E-state index in [-0.39, 0.29) is 0 Å². The molecule has 2 heteroatoms. The van der Waals surface area contributed by atoms with Crippen LogP contribution < -0.4 is 0 Å². The van der Waals surface area contributed by atoms with Gasteiger partial charge in [0, 0.05) is 5.56 Å². The molecule has 0 aliphatic carbocycles. The van der Waals surface area contributed by atoms with Crippen LogP contribution in [0.2, 0.25) is 0 Å². The number of hydrogen-bond donors (Lipinski definition) is 0. The highest BCUT2D eigenvalue weighted by molar-refractivity contribution is 5.80. The first kappa shape index (κ1) is 10.1. The molecule has 0 spiro atoms. The zero-order valence-electron chi connectivity index (χ0n) is 8.55. The van der Waals surface area contributed by atoms with Crippen molar-refractivity contribution in [2.45, 2.75) is 0 Å². The molecule has 0 bridgehead atoms. The molecule has 0 atom stereocenters. The van der Waals surface area contributed by atoms with E-state index in [2.05, 4.69) is 6.07 Å². The third-order valence-corrected chi connectivity index (χ3v) is 2.38. The molecule has 0 aliphatic rings. The Kier molecular flexibility index (Phi) is 2.79. The van der Waals surface area contributed by atoms with Crippen LogP contribution in [0.3, 0.4) is 0 Å². The quantitative estimate of drug-likeness (QED) is 0.710. The van der Waals surface area contributed by atoms with E-state index in [9.17, 15) is 4.79 Å². The second-order valence-corrected chi connectivity index (χ2v) is 3.40. The molecule has 2 aromatic carbocycles. The summed E-state index contributed by atoms with van der Waals surface area (Å²) in [5.41, 5.74) is 2.89. The first-order valence-electron chi connectivity index (χ1n) is 4.90. The highest BCUT2D eigenvalue weighted by Crippen LogP contribution is 2.23. The fourth-order valence-corrected chi connectivity index (χ4v) is 1.60. The standard InChI is InChI=1S/C14H9NO/c15-9-13-8-11(10-16)6-7-14(13)12-4-2-1-3-5-12/h1-8,10H.